The predicted octanol–water partition coefficient (Wildman–Crippen LogP) is 3.04. The maximum absolute atomic E-state index is 13.2. The number of benzene rings is 2. The molecule has 2 aromatic carbocycles. The zero-order chi connectivity index (χ0) is 20.6. The molecule has 0 N–H and O–H groups in total. The van der Waals surface area contributed by atoms with E-state index in [1.807, 2.05) is 25.1 Å². The van der Waals surface area contributed by atoms with Gasteiger partial charge in [-0.1, -0.05) is 29.8 Å². The lowest BCUT2D eigenvalue weighted by atomic mass is 10.1. The minimum Gasteiger partial charge on any atom is -0.462 e. The number of fused-ring (bicyclic) bond motifs is 1. The van der Waals surface area contributed by atoms with E-state index in [-0.39, 0.29) is 24.0 Å². The van der Waals surface area contributed by atoms with Crippen LogP contribution in [0, 0.1) is 6.92 Å². The predicted molar refractivity (Wildman–Crippen MR) is 111 cm³/mol. The molecule has 4 rings (SSSR count). The molecule has 1 aromatic heterocycles. The minimum atomic E-state index is -3.77. The van der Waals surface area contributed by atoms with Crippen LogP contribution in [-0.2, 0) is 14.8 Å². The molecule has 0 amide bonds. The smallest absolute Gasteiger partial charge is 0.340 e. The summed E-state index contributed by atoms with van der Waals surface area (Å²) in [6, 6.07) is 13.9. The third-order valence-electron chi connectivity index (χ3n) is 4.78. The molecule has 0 atom stereocenters. The van der Waals surface area contributed by atoms with E-state index in [0.717, 1.165) is 5.56 Å². The summed E-state index contributed by atoms with van der Waals surface area (Å²) in [7, 11) is -3.77. The van der Waals surface area contributed by atoms with Crippen molar-refractivity contribution in [3.63, 3.8) is 0 Å². The summed E-state index contributed by atoms with van der Waals surface area (Å²) in [6.45, 7) is 4.53. The van der Waals surface area contributed by atoms with Crippen molar-refractivity contribution in [2.75, 3.05) is 19.7 Å². The lowest BCUT2D eigenvalue weighted by Crippen LogP contribution is -2.37. The Labute approximate surface area is 169 Å². The first kappa shape index (κ1) is 19.2. The Morgan fingerprint density at radius 3 is 2.66 bits per heavy atom. The number of carbonyl (C=O) groups excluding carboxylic acids is 1. The fraction of sp³-hybridized carbons (Fsp3) is 0.238. The Morgan fingerprint density at radius 1 is 1.17 bits per heavy atom. The third kappa shape index (κ3) is 3.29. The van der Waals surface area contributed by atoms with E-state index in [1.54, 1.807) is 48.0 Å². The summed E-state index contributed by atoms with van der Waals surface area (Å²) in [5.74, 6) is -0.170. The zero-order valence-corrected chi connectivity index (χ0v) is 17.0. The van der Waals surface area contributed by atoms with Crippen LogP contribution in [0.4, 0.5) is 0 Å². The fourth-order valence-corrected chi connectivity index (χ4v) is 4.88. The van der Waals surface area contributed by atoms with Gasteiger partial charge >= 0.3 is 5.97 Å². The molecule has 0 saturated carbocycles. The molecule has 150 valence electrons. The molecule has 0 spiro atoms. The number of hydrogen-bond donors (Lipinski definition) is 0. The molecule has 0 bridgehead atoms. The van der Waals surface area contributed by atoms with E-state index in [4.69, 9.17) is 4.74 Å². The maximum atomic E-state index is 13.2. The van der Waals surface area contributed by atoms with Gasteiger partial charge in [0.15, 0.2) is 0 Å². The van der Waals surface area contributed by atoms with Crippen molar-refractivity contribution in [2.45, 2.75) is 18.7 Å². The molecule has 0 fully saturated rings. The number of hydrogen-bond acceptors (Lipinski definition) is 5. The van der Waals surface area contributed by atoms with Gasteiger partial charge in [0.05, 0.1) is 35.7 Å². The summed E-state index contributed by atoms with van der Waals surface area (Å²) in [4.78, 5) is 17.1. The van der Waals surface area contributed by atoms with Gasteiger partial charge in [0.25, 0.3) is 10.0 Å². The molecule has 1 aliphatic rings. The van der Waals surface area contributed by atoms with E-state index >= 15 is 0 Å². The van der Waals surface area contributed by atoms with Gasteiger partial charge in [0.2, 0.25) is 5.96 Å². The summed E-state index contributed by atoms with van der Waals surface area (Å²) < 4.78 is 34.5. The van der Waals surface area contributed by atoms with Crippen LogP contribution in [-0.4, -0.2) is 48.9 Å². The van der Waals surface area contributed by atoms with Crippen molar-refractivity contribution >= 4 is 32.9 Å². The first-order valence-electron chi connectivity index (χ1n) is 9.35. The second-order valence-electron chi connectivity index (χ2n) is 6.73. The average Bonchev–Trinajstić information content (AvgIpc) is 3.33. The SMILES string of the molecule is CCOC(=O)c1cn(C2=NCCN2S(=O)(=O)c2ccccc2)c2ccc(C)cc12. The van der Waals surface area contributed by atoms with E-state index < -0.39 is 16.0 Å². The van der Waals surface area contributed by atoms with Crippen LogP contribution in [0.1, 0.15) is 22.8 Å². The Bertz CT molecular complexity index is 1210. The number of aliphatic imine (C=N–C) groups is 1. The van der Waals surface area contributed by atoms with E-state index in [0.29, 0.717) is 23.0 Å². The van der Waals surface area contributed by atoms with Gasteiger partial charge in [0, 0.05) is 11.6 Å². The molecule has 3 aromatic rings. The van der Waals surface area contributed by atoms with Crippen molar-refractivity contribution in [3.8, 4) is 0 Å². The fourth-order valence-electron chi connectivity index (χ4n) is 3.44. The van der Waals surface area contributed by atoms with E-state index in [1.165, 1.54) is 4.31 Å². The van der Waals surface area contributed by atoms with Crippen molar-refractivity contribution in [3.05, 3.63) is 65.9 Å². The maximum Gasteiger partial charge on any atom is 0.340 e. The van der Waals surface area contributed by atoms with Gasteiger partial charge in [-0.2, -0.15) is 0 Å². The third-order valence-corrected chi connectivity index (χ3v) is 6.58. The minimum absolute atomic E-state index is 0.201. The largest absolute Gasteiger partial charge is 0.462 e. The summed E-state index contributed by atoms with van der Waals surface area (Å²) in [5.41, 5.74) is 2.08. The van der Waals surface area contributed by atoms with Crippen LogP contribution in [0.5, 0.6) is 0 Å². The van der Waals surface area contributed by atoms with Gasteiger partial charge in [-0.25, -0.2) is 22.5 Å². The molecule has 1 aliphatic heterocycles. The Hall–Kier alpha value is -3.13. The molecule has 0 unspecified atom stereocenters. The first-order valence-corrected chi connectivity index (χ1v) is 10.8. The molecule has 29 heavy (non-hydrogen) atoms. The van der Waals surface area contributed by atoms with Crippen LogP contribution in [0.2, 0.25) is 0 Å². The van der Waals surface area contributed by atoms with E-state index in [9.17, 15) is 13.2 Å². The molecule has 0 saturated heterocycles. The number of esters is 1. The molecule has 0 radical (unpaired) electrons. The summed E-state index contributed by atoms with van der Waals surface area (Å²) in [6.07, 6.45) is 1.61. The van der Waals surface area contributed by atoms with Gasteiger partial charge in [-0.3, -0.25) is 4.57 Å². The quantitative estimate of drug-likeness (QED) is 0.618. The standard InChI is InChI=1S/C21H21N3O4S/c1-3-28-20(25)18-14-23(19-10-9-15(2)13-17(18)19)21-22-11-12-24(21)29(26,27)16-7-5-4-6-8-16/h4-10,13-14H,3,11-12H2,1-2H3. The van der Waals surface area contributed by atoms with Crippen molar-refractivity contribution < 1.29 is 17.9 Å². The number of nitrogens with zero attached hydrogens (tertiary/aromatic N) is 3. The highest BCUT2D eigenvalue weighted by molar-refractivity contribution is 7.89. The highest BCUT2D eigenvalue weighted by Gasteiger charge is 2.33. The molecule has 8 heteroatoms. The monoisotopic (exact) mass is 411 g/mol. The van der Waals surface area contributed by atoms with Crippen molar-refractivity contribution in [1.29, 1.82) is 0 Å². The van der Waals surface area contributed by atoms with Gasteiger partial charge in [-0.15, -0.1) is 0 Å². The Morgan fingerprint density at radius 2 is 1.93 bits per heavy atom. The molecule has 0 aliphatic carbocycles. The van der Waals surface area contributed by atoms with Crippen LogP contribution in [0.3, 0.4) is 0 Å². The summed E-state index contributed by atoms with van der Waals surface area (Å²) in [5, 5.41) is 0.704. The normalized spacial score (nSPS) is 14.3. The molecule has 7 nitrogen and oxygen atoms in total. The highest BCUT2D eigenvalue weighted by atomic mass is 32.2. The van der Waals surface area contributed by atoms with Crippen LogP contribution in [0.25, 0.3) is 10.9 Å². The number of rotatable bonds is 4. The zero-order valence-electron chi connectivity index (χ0n) is 16.2. The molecular formula is C21H21N3O4S. The number of aryl methyl sites for hydroxylation is 1. The Kier molecular flexibility index (Phi) is 4.87. The number of carbonyl (C=O) groups is 1. The van der Waals surface area contributed by atoms with Crippen LogP contribution in [0.15, 0.2) is 64.6 Å². The Balaban J connectivity index is 1.85. The topological polar surface area (TPSA) is 81.0 Å². The van der Waals surface area contributed by atoms with E-state index in [2.05, 4.69) is 4.99 Å². The molecule has 2 heterocycles. The number of sulfonamides is 1. The lowest BCUT2D eigenvalue weighted by Gasteiger charge is -2.21. The second-order valence-corrected chi connectivity index (χ2v) is 8.59. The van der Waals surface area contributed by atoms with Gasteiger partial charge < -0.3 is 4.74 Å². The average molecular weight is 411 g/mol. The summed E-state index contributed by atoms with van der Waals surface area (Å²) >= 11 is 0. The highest BCUT2D eigenvalue weighted by Crippen LogP contribution is 2.27. The van der Waals surface area contributed by atoms with Gasteiger partial charge in [0.1, 0.15) is 0 Å². The van der Waals surface area contributed by atoms with Gasteiger partial charge in [-0.05, 0) is 38.1 Å². The first-order chi connectivity index (χ1) is 13.9. The van der Waals surface area contributed by atoms with Crippen LogP contribution < -0.4 is 0 Å². The lowest BCUT2D eigenvalue weighted by molar-refractivity contribution is 0.0528. The molecular weight excluding hydrogens is 390 g/mol. The number of ether oxygens (including phenoxy) is 1. The van der Waals surface area contributed by atoms with Crippen molar-refractivity contribution in [1.82, 2.24) is 8.87 Å². The second kappa shape index (κ2) is 7.36. The van der Waals surface area contributed by atoms with Crippen molar-refractivity contribution in [2.24, 2.45) is 4.99 Å². The number of aromatic nitrogens is 1. The van der Waals surface area contributed by atoms with Crippen LogP contribution >= 0.6 is 0 Å².